The van der Waals surface area contributed by atoms with Crippen LogP contribution in [0.15, 0.2) is 78.9 Å². The first-order valence-electron chi connectivity index (χ1n) is 10.7. The van der Waals surface area contributed by atoms with E-state index in [9.17, 15) is 14.0 Å². The zero-order chi connectivity index (χ0) is 22.3. The first kappa shape index (κ1) is 21.6. The van der Waals surface area contributed by atoms with E-state index in [-0.39, 0.29) is 23.5 Å². The van der Waals surface area contributed by atoms with E-state index in [0.717, 1.165) is 11.3 Å². The summed E-state index contributed by atoms with van der Waals surface area (Å²) in [6, 6.07) is 22.6. The molecule has 164 valence electrons. The highest BCUT2D eigenvalue weighted by atomic mass is 19.1. The summed E-state index contributed by atoms with van der Waals surface area (Å²) in [6.45, 7) is 1.36. The summed E-state index contributed by atoms with van der Waals surface area (Å²) in [5, 5.41) is 2.95. The van der Waals surface area contributed by atoms with E-state index in [1.807, 2.05) is 30.3 Å². The van der Waals surface area contributed by atoms with Crippen LogP contribution >= 0.6 is 0 Å². The maximum Gasteiger partial charge on any atom is 0.253 e. The van der Waals surface area contributed by atoms with Crippen molar-refractivity contribution >= 4 is 17.5 Å². The molecule has 0 aromatic heterocycles. The third-order valence-corrected chi connectivity index (χ3v) is 5.59. The standard InChI is InChI=1S/C26H25FN2O3/c27-22-11-9-19(10-12-22)18-32-24-8-4-5-21(17-24)26(31)29-15-13-20(14-16-29)25(30)28-23-6-2-1-3-7-23/h1-12,17,20H,13-16,18H2,(H,28,30). The average Bonchev–Trinajstić information content (AvgIpc) is 2.84. The summed E-state index contributed by atoms with van der Waals surface area (Å²) in [5.41, 5.74) is 2.18. The Bertz CT molecular complexity index is 1060. The van der Waals surface area contributed by atoms with Crippen molar-refractivity contribution in [2.45, 2.75) is 19.4 Å². The van der Waals surface area contributed by atoms with Crippen LogP contribution in [0.1, 0.15) is 28.8 Å². The number of anilines is 1. The van der Waals surface area contributed by atoms with Crippen molar-refractivity contribution in [3.8, 4) is 5.75 Å². The second-order valence-electron chi connectivity index (χ2n) is 7.86. The summed E-state index contributed by atoms with van der Waals surface area (Å²) < 4.78 is 18.8. The van der Waals surface area contributed by atoms with Gasteiger partial charge in [-0.2, -0.15) is 0 Å². The molecule has 1 saturated heterocycles. The molecule has 0 atom stereocenters. The lowest BCUT2D eigenvalue weighted by Gasteiger charge is -2.31. The largest absolute Gasteiger partial charge is 0.489 e. The van der Waals surface area contributed by atoms with Gasteiger partial charge in [-0.05, 0) is 60.9 Å². The molecule has 0 unspecified atom stereocenters. The Morgan fingerprint density at radius 2 is 1.66 bits per heavy atom. The van der Waals surface area contributed by atoms with Crippen LogP contribution in [0, 0.1) is 11.7 Å². The molecule has 3 aromatic rings. The minimum atomic E-state index is -0.289. The number of para-hydroxylation sites is 1. The van der Waals surface area contributed by atoms with E-state index in [4.69, 9.17) is 4.74 Å². The second-order valence-corrected chi connectivity index (χ2v) is 7.86. The Hall–Kier alpha value is -3.67. The van der Waals surface area contributed by atoms with Gasteiger partial charge in [0.1, 0.15) is 18.2 Å². The molecule has 1 heterocycles. The fourth-order valence-corrected chi connectivity index (χ4v) is 3.76. The van der Waals surface area contributed by atoms with Gasteiger partial charge in [-0.3, -0.25) is 9.59 Å². The topological polar surface area (TPSA) is 58.6 Å². The molecule has 0 saturated carbocycles. The van der Waals surface area contributed by atoms with Crippen molar-refractivity contribution in [1.82, 2.24) is 4.90 Å². The number of hydrogen-bond acceptors (Lipinski definition) is 3. The quantitative estimate of drug-likeness (QED) is 0.603. The predicted molar refractivity (Wildman–Crippen MR) is 121 cm³/mol. The van der Waals surface area contributed by atoms with Crippen LogP contribution in [-0.4, -0.2) is 29.8 Å². The number of nitrogens with zero attached hydrogens (tertiary/aromatic N) is 1. The van der Waals surface area contributed by atoms with E-state index >= 15 is 0 Å². The number of nitrogens with one attached hydrogen (secondary N) is 1. The molecule has 1 fully saturated rings. The maximum absolute atomic E-state index is 13.0. The number of ether oxygens (including phenoxy) is 1. The van der Waals surface area contributed by atoms with Gasteiger partial charge in [0.15, 0.2) is 0 Å². The molecule has 0 spiro atoms. The molecule has 0 aliphatic carbocycles. The smallest absolute Gasteiger partial charge is 0.253 e. The van der Waals surface area contributed by atoms with Gasteiger partial charge in [-0.25, -0.2) is 4.39 Å². The average molecular weight is 432 g/mol. The van der Waals surface area contributed by atoms with Gasteiger partial charge in [0.25, 0.3) is 5.91 Å². The molecule has 3 aromatic carbocycles. The van der Waals surface area contributed by atoms with Crippen LogP contribution in [0.2, 0.25) is 0 Å². The minimum absolute atomic E-state index is 0.000473. The van der Waals surface area contributed by atoms with Crippen molar-refractivity contribution in [3.63, 3.8) is 0 Å². The Morgan fingerprint density at radius 3 is 2.38 bits per heavy atom. The zero-order valence-corrected chi connectivity index (χ0v) is 17.7. The Balaban J connectivity index is 1.30. The monoisotopic (exact) mass is 432 g/mol. The van der Waals surface area contributed by atoms with Crippen molar-refractivity contribution in [2.24, 2.45) is 5.92 Å². The summed E-state index contributed by atoms with van der Waals surface area (Å²) in [5.74, 6) is 0.114. The maximum atomic E-state index is 13.0. The van der Waals surface area contributed by atoms with Crippen molar-refractivity contribution in [1.29, 1.82) is 0 Å². The third kappa shape index (κ3) is 5.52. The van der Waals surface area contributed by atoms with E-state index in [2.05, 4.69) is 5.32 Å². The van der Waals surface area contributed by atoms with Crippen LogP contribution in [0.5, 0.6) is 5.75 Å². The van der Waals surface area contributed by atoms with Crippen molar-refractivity contribution < 1.29 is 18.7 Å². The lowest BCUT2D eigenvalue weighted by molar-refractivity contribution is -0.121. The Morgan fingerprint density at radius 1 is 0.938 bits per heavy atom. The number of rotatable bonds is 6. The van der Waals surface area contributed by atoms with Crippen LogP contribution in [0.25, 0.3) is 0 Å². The SMILES string of the molecule is O=C(Nc1ccccc1)C1CCN(C(=O)c2cccc(OCc3ccc(F)cc3)c2)CC1. The molecule has 1 N–H and O–H groups in total. The molecule has 5 nitrogen and oxygen atoms in total. The Kier molecular flexibility index (Phi) is 6.80. The third-order valence-electron chi connectivity index (χ3n) is 5.59. The van der Waals surface area contributed by atoms with E-state index < -0.39 is 0 Å². The van der Waals surface area contributed by atoms with Gasteiger partial charge >= 0.3 is 0 Å². The summed E-state index contributed by atoms with van der Waals surface area (Å²) >= 11 is 0. The number of carbonyl (C=O) groups is 2. The van der Waals surface area contributed by atoms with E-state index in [1.54, 1.807) is 41.3 Å². The number of likely N-dealkylation sites (tertiary alicyclic amines) is 1. The Labute approximate surface area is 186 Å². The van der Waals surface area contributed by atoms with Crippen molar-refractivity contribution in [2.75, 3.05) is 18.4 Å². The van der Waals surface area contributed by atoms with Crippen LogP contribution in [0.3, 0.4) is 0 Å². The molecule has 1 aliphatic heterocycles. The molecule has 6 heteroatoms. The van der Waals surface area contributed by atoms with Gasteiger partial charge in [0.05, 0.1) is 0 Å². The van der Waals surface area contributed by atoms with Gasteiger partial charge in [0, 0.05) is 30.3 Å². The number of carbonyl (C=O) groups excluding carboxylic acids is 2. The van der Waals surface area contributed by atoms with E-state index in [1.165, 1.54) is 12.1 Å². The molecule has 0 radical (unpaired) electrons. The lowest BCUT2D eigenvalue weighted by atomic mass is 9.95. The summed E-state index contributed by atoms with van der Waals surface area (Å²) in [7, 11) is 0. The summed E-state index contributed by atoms with van der Waals surface area (Å²) in [6.07, 6.45) is 1.26. The molecule has 1 aliphatic rings. The van der Waals surface area contributed by atoms with Gasteiger partial charge < -0.3 is 15.0 Å². The zero-order valence-electron chi connectivity index (χ0n) is 17.7. The first-order valence-corrected chi connectivity index (χ1v) is 10.7. The molecule has 4 rings (SSSR count). The van der Waals surface area contributed by atoms with Crippen LogP contribution in [-0.2, 0) is 11.4 Å². The molecular weight excluding hydrogens is 407 g/mol. The highest BCUT2D eigenvalue weighted by Crippen LogP contribution is 2.23. The van der Waals surface area contributed by atoms with Crippen LogP contribution < -0.4 is 10.1 Å². The molecular formula is C26H25FN2O3. The normalized spacial score (nSPS) is 14.1. The first-order chi connectivity index (χ1) is 15.6. The van der Waals surface area contributed by atoms with Crippen molar-refractivity contribution in [3.05, 3.63) is 95.8 Å². The molecule has 2 amide bonds. The van der Waals surface area contributed by atoms with Gasteiger partial charge in [-0.15, -0.1) is 0 Å². The minimum Gasteiger partial charge on any atom is -0.489 e. The van der Waals surface area contributed by atoms with Gasteiger partial charge in [0.2, 0.25) is 5.91 Å². The summed E-state index contributed by atoms with van der Waals surface area (Å²) in [4.78, 5) is 27.3. The number of benzene rings is 3. The lowest BCUT2D eigenvalue weighted by Crippen LogP contribution is -2.41. The fourth-order valence-electron chi connectivity index (χ4n) is 3.76. The van der Waals surface area contributed by atoms with Gasteiger partial charge in [-0.1, -0.05) is 36.4 Å². The predicted octanol–water partition coefficient (Wildman–Crippen LogP) is 4.90. The highest BCUT2D eigenvalue weighted by molar-refractivity contribution is 5.95. The molecule has 32 heavy (non-hydrogen) atoms. The highest BCUT2D eigenvalue weighted by Gasteiger charge is 2.28. The molecule has 0 bridgehead atoms. The number of piperidine rings is 1. The second kappa shape index (κ2) is 10.1. The van der Waals surface area contributed by atoms with E-state index in [0.29, 0.717) is 43.9 Å². The fraction of sp³-hybridized carbons (Fsp3) is 0.231. The number of hydrogen-bond donors (Lipinski definition) is 1. The van der Waals surface area contributed by atoms with Crippen LogP contribution in [0.4, 0.5) is 10.1 Å². The number of halogens is 1. The number of amides is 2.